The Balaban J connectivity index is 2.47. The number of hydrogen-bond donors (Lipinski definition) is 2. The Bertz CT molecular complexity index is 456. The third kappa shape index (κ3) is 1.76. The standard InChI is InChI=1S/C14H16O2/c1-14(2)9-5-7-11(13(14)16)10-6-3-4-8-12(10)15/h3-9,13,15-16H,1-2H3. The largest absolute Gasteiger partial charge is 0.507 e. The summed E-state index contributed by atoms with van der Waals surface area (Å²) in [5.74, 6) is 0.207. The fourth-order valence-corrected chi connectivity index (χ4v) is 1.94. The lowest BCUT2D eigenvalue weighted by atomic mass is 9.77. The smallest absolute Gasteiger partial charge is 0.123 e. The van der Waals surface area contributed by atoms with Gasteiger partial charge in [0.1, 0.15) is 5.75 Å². The topological polar surface area (TPSA) is 40.5 Å². The van der Waals surface area contributed by atoms with Gasteiger partial charge in [0, 0.05) is 11.0 Å². The number of para-hydroxylation sites is 1. The Hall–Kier alpha value is -1.54. The van der Waals surface area contributed by atoms with E-state index in [2.05, 4.69) is 0 Å². The maximum absolute atomic E-state index is 10.2. The van der Waals surface area contributed by atoms with Gasteiger partial charge in [-0.3, -0.25) is 0 Å². The summed E-state index contributed by atoms with van der Waals surface area (Å²) in [5, 5.41) is 20.0. The Morgan fingerprint density at radius 3 is 2.56 bits per heavy atom. The second-order valence-corrected chi connectivity index (χ2v) is 4.72. The Morgan fingerprint density at radius 2 is 1.88 bits per heavy atom. The van der Waals surface area contributed by atoms with Crippen molar-refractivity contribution in [1.82, 2.24) is 0 Å². The van der Waals surface area contributed by atoms with Gasteiger partial charge in [-0.1, -0.05) is 50.3 Å². The molecular weight excluding hydrogens is 200 g/mol. The van der Waals surface area contributed by atoms with Crippen LogP contribution in [0.15, 0.2) is 42.5 Å². The molecule has 84 valence electrons. The zero-order valence-corrected chi connectivity index (χ0v) is 9.51. The van der Waals surface area contributed by atoms with Gasteiger partial charge in [-0.25, -0.2) is 0 Å². The molecule has 0 aromatic heterocycles. The minimum Gasteiger partial charge on any atom is -0.507 e. The minimum absolute atomic E-state index is 0.207. The molecule has 0 saturated heterocycles. The first-order valence-electron chi connectivity index (χ1n) is 5.38. The Kier molecular flexibility index (Phi) is 2.60. The van der Waals surface area contributed by atoms with Gasteiger partial charge in [-0.15, -0.1) is 0 Å². The maximum atomic E-state index is 10.2. The molecule has 0 fully saturated rings. The monoisotopic (exact) mass is 216 g/mol. The van der Waals surface area contributed by atoms with E-state index in [1.807, 2.05) is 44.2 Å². The molecule has 1 aromatic carbocycles. The molecule has 1 unspecified atom stereocenters. The van der Waals surface area contributed by atoms with E-state index in [4.69, 9.17) is 0 Å². The fraction of sp³-hybridized carbons (Fsp3) is 0.286. The van der Waals surface area contributed by atoms with E-state index in [9.17, 15) is 10.2 Å². The van der Waals surface area contributed by atoms with Crippen molar-refractivity contribution in [1.29, 1.82) is 0 Å². The average Bonchev–Trinajstić information content (AvgIpc) is 2.23. The molecule has 2 heteroatoms. The molecule has 0 radical (unpaired) electrons. The van der Waals surface area contributed by atoms with Crippen LogP contribution in [0.5, 0.6) is 5.75 Å². The third-order valence-corrected chi connectivity index (χ3v) is 3.02. The number of aliphatic hydroxyl groups is 1. The lowest BCUT2D eigenvalue weighted by molar-refractivity contribution is 0.133. The van der Waals surface area contributed by atoms with Gasteiger partial charge in [0.05, 0.1) is 6.10 Å². The van der Waals surface area contributed by atoms with Crippen molar-refractivity contribution in [2.45, 2.75) is 20.0 Å². The summed E-state index contributed by atoms with van der Waals surface area (Å²) in [6, 6.07) is 7.08. The number of allylic oxidation sites excluding steroid dienone is 2. The van der Waals surface area contributed by atoms with E-state index < -0.39 is 6.10 Å². The van der Waals surface area contributed by atoms with E-state index in [1.165, 1.54) is 0 Å². The van der Waals surface area contributed by atoms with Crippen molar-refractivity contribution in [3.63, 3.8) is 0 Å². The zero-order chi connectivity index (χ0) is 11.8. The van der Waals surface area contributed by atoms with Crippen molar-refractivity contribution in [3.05, 3.63) is 48.1 Å². The summed E-state index contributed by atoms with van der Waals surface area (Å²) in [6.07, 6.45) is 5.16. The Morgan fingerprint density at radius 1 is 1.19 bits per heavy atom. The molecule has 2 nitrogen and oxygen atoms in total. The molecule has 0 amide bonds. The first-order chi connectivity index (χ1) is 7.52. The number of hydrogen-bond acceptors (Lipinski definition) is 2. The van der Waals surface area contributed by atoms with E-state index >= 15 is 0 Å². The van der Waals surface area contributed by atoms with Gasteiger partial charge >= 0.3 is 0 Å². The molecule has 0 saturated carbocycles. The number of phenolic OH excluding ortho intramolecular Hbond substituents is 1. The summed E-state index contributed by atoms with van der Waals surface area (Å²) in [7, 11) is 0. The molecule has 1 aliphatic rings. The summed E-state index contributed by atoms with van der Waals surface area (Å²) >= 11 is 0. The van der Waals surface area contributed by atoms with Crippen LogP contribution < -0.4 is 0 Å². The van der Waals surface area contributed by atoms with Crippen molar-refractivity contribution in [2.24, 2.45) is 5.41 Å². The van der Waals surface area contributed by atoms with Crippen molar-refractivity contribution in [3.8, 4) is 5.75 Å². The highest BCUT2D eigenvalue weighted by molar-refractivity contribution is 5.76. The van der Waals surface area contributed by atoms with Crippen LogP contribution in [0.25, 0.3) is 5.57 Å². The molecule has 2 N–H and O–H groups in total. The van der Waals surface area contributed by atoms with Crippen molar-refractivity contribution in [2.75, 3.05) is 0 Å². The van der Waals surface area contributed by atoms with Gasteiger partial charge in [0.15, 0.2) is 0 Å². The summed E-state index contributed by atoms with van der Waals surface area (Å²) in [5.41, 5.74) is 1.17. The summed E-state index contributed by atoms with van der Waals surface area (Å²) < 4.78 is 0. The number of aliphatic hydroxyl groups excluding tert-OH is 1. The van der Waals surface area contributed by atoms with Crippen LogP contribution in [0, 0.1) is 5.41 Å². The first-order valence-corrected chi connectivity index (χ1v) is 5.38. The summed E-state index contributed by atoms with van der Waals surface area (Å²) in [4.78, 5) is 0. The van der Waals surface area contributed by atoms with E-state index in [0.717, 1.165) is 5.57 Å². The molecule has 0 bridgehead atoms. The van der Waals surface area contributed by atoms with Crippen LogP contribution in [0.3, 0.4) is 0 Å². The maximum Gasteiger partial charge on any atom is 0.123 e. The quantitative estimate of drug-likeness (QED) is 0.757. The van der Waals surface area contributed by atoms with Gasteiger partial charge in [-0.05, 0) is 11.6 Å². The zero-order valence-electron chi connectivity index (χ0n) is 9.51. The van der Waals surface area contributed by atoms with Crippen LogP contribution >= 0.6 is 0 Å². The van der Waals surface area contributed by atoms with Crippen LogP contribution in [-0.4, -0.2) is 16.3 Å². The fourth-order valence-electron chi connectivity index (χ4n) is 1.94. The van der Waals surface area contributed by atoms with Gasteiger partial charge < -0.3 is 10.2 Å². The number of aromatic hydroxyl groups is 1. The predicted octanol–water partition coefficient (Wildman–Crippen LogP) is 2.73. The van der Waals surface area contributed by atoms with Crippen LogP contribution in [0.4, 0.5) is 0 Å². The molecule has 0 aliphatic heterocycles. The highest BCUT2D eigenvalue weighted by Crippen LogP contribution is 2.38. The highest BCUT2D eigenvalue weighted by Gasteiger charge is 2.31. The van der Waals surface area contributed by atoms with E-state index in [1.54, 1.807) is 12.1 Å². The number of benzene rings is 1. The third-order valence-electron chi connectivity index (χ3n) is 3.02. The normalized spacial score (nSPS) is 22.9. The molecule has 0 spiro atoms. The average molecular weight is 216 g/mol. The Labute approximate surface area is 95.6 Å². The molecule has 1 aliphatic carbocycles. The second kappa shape index (κ2) is 3.80. The first kappa shape index (κ1) is 11.0. The minimum atomic E-state index is -0.592. The lowest BCUT2D eigenvalue weighted by Gasteiger charge is -2.32. The van der Waals surface area contributed by atoms with E-state index in [0.29, 0.717) is 5.56 Å². The number of rotatable bonds is 1. The molecule has 16 heavy (non-hydrogen) atoms. The van der Waals surface area contributed by atoms with Crippen molar-refractivity contribution >= 4 is 5.57 Å². The molecule has 2 rings (SSSR count). The lowest BCUT2D eigenvalue weighted by Crippen LogP contribution is -2.30. The van der Waals surface area contributed by atoms with Crippen LogP contribution in [0.1, 0.15) is 19.4 Å². The highest BCUT2D eigenvalue weighted by atomic mass is 16.3. The van der Waals surface area contributed by atoms with Crippen LogP contribution in [0.2, 0.25) is 0 Å². The molecule has 1 atom stereocenters. The van der Waals surface area contributed by atoms with Gasteiger partial charge in [0.25, 0.3) is 0 Å². The SMILES string of the molecule is CC1(C)C=CC=C(c2ccccc2O)C1O. The predicted molar refractivity (Wildman–Crippen MR) is 65.0 cm³/mol. The van der Waals surface area contributed by atoms with Gasteiger partial charge in [-0.2, -0.15) is 0 Å². The summed E-state index contributed by atoms with van der Waals surface area (Å²) in [6.45, 7) is 3.95. The molecular formula is C14H16O2. The van der Waals surface area contributed by atoms with Gasteiger partial charge in [0.2, 0.25) is 0 Å². The van der Waals surface area contributed by atoms with E-state index in [-0.39, 0.29) is 11.2 Å². The second-order valence-electron chi connectivity index (χ2n) is 4.72. The van der Waals surface area contributed by atoms with Crippen molar-refractivity contribution < 1.29 is 10.2 Å². The van der Waals surface area contributed by atoms with Crippen LogP contribution in [-0.2, 0) is 0 Å². The number of phenols is 1. The molecule has 1 aromatic rings. The molecule has 0 heterocycles.